The Morgan fingerprint density at radius 3 is 2.94 bits per heavy atom. The number of amides is 1. The molecular formula is C14H17NO2S. The van der Waals surface area contributed by atoms with Crippen molar-refractivity contribution in [2.45, 2.75) is 32.2 Å². The minimum absolute atomic E-state index is 0.0656. The van der Waals surface area contributed by atoms with Crippen molar-refractivity contribution in [2.24, 2.45) is 5.92 Å². The zero-order valence-electron chi connectivity index (χ0n) is 10.6. The predicted molar refractivity (Wildman–Crippen MR) is 72.6 cm³/mol. The van der Waals surface area contributed by atoms with E-state index >= 15 is 0 Å². The first-order valence-corrected chi connectivity index (χ1v) is 6.92. The Morgan fingerprint density at radius 1 is 1.61 bits per heavy atom. The van der Waals surface area contributed by atoms with Crippen molar-refractivity contribution in [3.8, 4) is 11.8 Å². The lowest BCUT2D eigenvalue weighted by Crippen LogP contribution is -2.45. The smallest absolute Gasteiger partial charge is 0.263 e. The van der Waals surface area contributed by atoms with Gasteiger partial charge in [0, 0.05) is 11.1 Å². The van der Waals surface area contributed by atoms with Crippen LogP contribution >= 0.6 is 11.3 Å². The van der Waals surface area contributed by atoms with Gasteiger partial charge in [-0.3, -0.25) is 4.79 Å². The largest absolute Gasteiger partial charge is 0.384 e. The average molecular weight is 263 g/mol. The average Bonchev–Trinajstić information content (AvgIpc) is 3.06. The maximum Gasteiger partial charge on any atom is 0.263 e. The van der Waals surface area contributed by atoms with Crippen LogP contribution in [-0.2, 0) is 0 Å². The highest BCUT2D eigenvalue weighted by atomic mass is 32.1. The lowest BCUT2D eigenvalue weighted by molar-refractivity contribution is 0.0907. The molecule has 1 fully saturated rings. The van der Waals surface area contributed by atoms with Crippen molar-refractivity contribution in [1.29, 1.82) is 0 Å². The van der Waals surface area contributed by atoms with Crippen LogP contribution in [0.3, 0.4) is 0 Å². The lowest BCUT2D eigenvalue weighted by Gasteiger charge is -2.25. The number of hydrogen-bond acceptors (Lipinski definition) is 3. The van der Waals surface area contributed by atoms with Crippen LogP contribution in [0.25, 0.3) is 0 Å². The summed E-state index contributed by atoms with van der Waals surface area (Å²) in [4.78, 5) is 12.8. The first-order valence-electron chi connectivity index (χ1n) is 6.04. The quantitative estimate of drug-likeness (QED) is 0.820. The fourth-order valence-corrected chi connectivity index (χ4v) is 2.72. The number of rotatable bonds is 3. The molecule has 0 radical (unpaired) electrons. The van der Waals surface area contributed by atoms with E-state index in [4.69, 9.17) is 5.11 Å². The summed E-state index contributed by atoms with van der Waals surface area (Å²) in [6.45, 7) is 3.94. The van der Waals surface area contributed by atoms with E-state index in [1.807, 2.05) is 11.4 Å². The van der Waals surface area contributed by atoms with Crippen molar-refractivity contribution in [2.75, 3.05) is 6.61 Å². The second-order valence-corrected chi connectivity index (χ2v) is 5.99. The van der Waals surface area contributed by atoms with Crippen molar-refractivity contribution < 1.29 is 9.90 Å². The molecule has 1 aromatic heterocycles. The maximum atomic E-state index is 12.2. The van der Waals surface area contributed by atoms with Crippen molar-refractivity contribution in [1.82, 2.24) is 5.32 Å². The molecule has 1 heterocycles. The fraction of sp³-hybridized carbons (Fsp3) is 0.500. The molecule has 0 spiro atoms. The Hall–Kier alpha value is -1.31. The Labute approximate surface area is 111 Å². The van der Waals surface area contributed by atoms with E-state index in [0.29, 0.717) is 16.4 Å². The molecule has 0 aliphatic heterocycles. The zero-order valence-corrected chi connectivity index (χ0v) is 11.4. The molecule has 1 aromatic rings. The van der Waals surface area contributed by atoms with E-state index in [9.17, 15) is 4.79 Å². The highest BCUT2D eigenvalue weighted by molar-refractivity contribution is 7.12. The van der Waals surface area contributed by atoms with Gasteiger partial charge in [-0.25, -0.2) is 0 Å². The van der Waals surface area contributed by atoms with Crippen LogP contribution in [0, 0.1) is 17.8 Å². The molecule has 2 rings (SSSR count). The van der Waals surface area contributed by atoms with Gasteiger partial charge in [0.2, 0.25) is 0 Å². The van der Waals surface area contributed by atoms with Gasteiger partial charge in [-0.1, -0.05) is 11.8 Å². The maximum absolute atomic E-state index is 12.2. The summed E-state index contributed by atoms with van der Waals surface area (Å²) in [5.74, 6) is 5.91. The Morgan fingerprint density at radius 2 is 2.33 bits per heavy atom. The van der Waals surface area contributed by atoms with Gasteiger partial charge in [-0.2, -0.15) is 0 Å². The Kier molecular flexibility index (Phi) is 3.74. The summed E-state index contributed by atoms with van der Waals surface area (Å²) in [7, 11) is 0. The summed E-state index contributed by atoms with van der Waals surface area (Å²) < 4.78 is 0. The first kappa shape index (κ1) is 13.1. The number of carbonyl (C=O) groups is 1. The molecule has 1 aliphatic carbocycles. The minimum atomic E-state index is -0.190. The molecule has 0 unspecified atom stereocenters. The van der Waals surface area contributed by atoms with E-state index in [1.165, 1.54) is 24.2 Å². The minimum Gasteiger partial charge on any atom is -0.384 e. The molecular weight excluding hydrogens is 246 g/mol. The second kappa shape index (κ2) is 5.13. The van der Waals surface area contributed by atoms with Crippen LogP contribution in [0.15, 0.2) is 11.4 Å². The second-order valence-electron chi connectivity index (χ2n) is 5.07. The first-order chi connectivity index (χ1) is 8.54. The Bertz CT molecular complexity index is 503. The number of aliphatic hydroxyl groups excluding tert-OH is 1. The molecule has 0 bridgehead atoms. The summed E-state index contributed by atoms with van der Waals surface area (Å²) >= 11 is 1.38. The predicted octanol–water partition coefficient (Wildman–Crippen LogP) is 2.01. The summed E-state index contributed by atoms with van der Waals surface area (Å²) in [6, 6.07) is 1.81. The van der Waals surface area contributed by atoms with E-state index in [2.05, 4.69) is 31.0 Å². The fourth-order valence-electron chi connectivity index (χ4n) is 1.97. The number of thiophene rings is 1. The van der Waals surface area contributed by atoms with Gasteiger partial charge in [0.15, 0.2) is 0 Å². The molecule has 0 saturated heterocycles. The van der Waals surface area contributed by atoms with Crippen LogP contribution < -0.4 is 5.32 Å². The van der Waals surface area contributed by atoms with Crippen LogP contribution in [0.2, 0.25) is 0 Å². The number of carbonyl (C=O) groups excluding carboxylic acids is 1. The third-order valence-electron chi connectivity index (χ3n) is 3.21. The van der Waals surface area contributed by atoms with Gasteiger partial charge in [0.1, 0.15) is 11.5 Å². The van der Waals surface area contributed by atoms with E-state index in [0.717, 1.165) is 0 Å². The standard InChI is InChI=1S/C14H17NO2S/c1-14(2,11-5-6-11)15-13(17)12-10(4-3-8-16)7-9-18-12/h7,9,11,16H,5-6,8H2,1-2H3,(H,15,17). The molecule has 1 amide bonds. The highest BCUT2D eigenvalue weighted by Gasteiger charge is 2.39. The van der Waals surface area contributed by atoms with E-state index in [-0.39, 0.29) is 18.1 Å². The number of aliphatic hydroxyl groups is 1. The summed E-state index contributed by atoms with van der Waals surface area (Å²) in [6.07, 6.45) is 2.38. The van der Waals surface area contributed by atoms with Gasteiger partial charge in [-0.15, -0.1) is 11.3 Å². The van der Waals surface area contributed by atoms with Gasteiger partial charge in [-0.05, 0) is 44.1 Å². The normalized spacial score (nSPS) is 14.8. The zero-order chi connectivity index (χ0) is 13.2. The third-order valence-corrected chi connectivity index (χ3v) is 4.12. The monoisotopic (exact) mass is 263 g/mol. The van der Waals surface area contributed by atoms with Crippen LogP contribution in [0.5, 0.6) is 0 Å². The van der Waals surface area contributed by atoms with Crippen molar-refractivity contribution >= 4 is 17.2 Å². The molecule has 96 valence electrons. The number of nitrogens with one attached hydrogen (secondary N) is 1. The lowest BCUT2D eigenvalue weighted by atomic mass is 9.98. The molecule has 1 saturated carbocycles. The Balaban J connectivity index is 2.11. The topological polar surface area (TPSA) is 49.3 Å². The van der Waals surface area contributed by atoms with E-state index in [1.54, 1.807) is 0 Å². The van der Waals surface area contributed by atoms with Crippen molar-refractivity contribution in [3.05, 3.63) is 21.9 Å². The molecule has 1 aliphatic rings. The molecule has 18 heavy (non-hydrogen) atoms. The molecule has 4 heteroatoms. The molecule has 3 nitrogen and oxygen atoms in total. The highest BCUT2D eigenvalue weighted by Crippen LogP contribution is 2.39. The van der Waals surface area contributed by atoms with Gasteiger partial charge in [0.05, 0.1) is 0 Å². The summed E-state index contributed by atoms with van der Waals surface area (Å²) in [5.41, 5.74) is 0.543. The van der Waals surface area contributed by atoms with Crippen molar-refractivity contribution in [3.63, 3.8) is 0 Å². The molecule has 2 N–H and O–H groups in total. The van der Waals surface area contributed by atoms with Gasteiger partial charge >= 0.3 is 0 Å². The van der Waals surface area contributed by atoms with Crippen LogP contribution in [0.4, 0.5) is 0 Å². The van der Waals surface area contributed by atoms with Crippen LogP contribution in [-0.4, -0.2) is 23.2 Å². The van der Waals surface area contributed by atoms with Gasteiger partial charge < -0.3 is 10.4 Å². The number of hydrogen-bond donors (Lipinski definition) is 2. The van der Waals surface area contributed by atoms with Gasteiger partial charge in [0.25, 0.3) is 5.91 Å². The molecule has 0 atom stereocenters. The third kappa shape index (κ3) is 2.92. The molecule has 0 aromatic carbocycles. The summed E-state index contributed by atoms with van der Waals surface area (Å²) in [5, 5.41) is 13.6. The van der Waals surface area contributed by atoms with Crippen LogP contribution in [0.1, 0.15) is 41.9 Å². The SMILES string of the molecule is CC(C)(NC(=O)c1sccc1C#CCO)C1CC1. The van der Waals surface area contributed by atoms with E-state index < -0.39 is 0 Å².